The Balaban J connectivity index is 2.32. The number of pyridine rings is 1. The van der Waals surface area contributed by atoms with E-state index in [1.807, 2.05) is 0 Å². The monoisotopic (exact) mass is 239 g/mol. The van der Waals surface area contributed by atoms with E-state index in [9.17, 15) is 4.39 Å². The Kier molecular flexibility index (Phi) is 3.13. The quantitative estimate of drug-likeness (QED) is 0.643. The molecule has 2 rings (SSSR count). The zero-order valence-electron chi connectivity index (χ0n) is 9.05. The van der Waals surface area contributed by atoms with Gasteiger partial charge in [0.2, 0.25) is 5.71 Å². The Morgan fingerprint density at radius 2 is 2.06 bits per heavy atom. The van der Waals surface area contributed by atoms with Gasteiger partial charge in [0.05, 0.1) is 17.4 Å². The second-order valence-electron chi connectivity index (χ2n) is 3.36. The molecule has 0 fully saturated rings. The maximum atomic E-state index is 12.9. The summed E-state index contributed by atoms with van der Waals surface area (Å²) < 4.78 is 12.9. The zero-order valence-corrected chi connectivity index (χ0v) is 9.05. The number of hydrogen-bond donors (Lipinski definition) is 1. The first kappa shape index (κ1) is 11.5. The fraction of sp³-hybridized carbons (Fsp3) is 0. The third-order valence-electron chi connectivity index (χ3n) is 2.16. The van der Waals surface area contributed by atoms with Crippen molar-refractivity contribution >= 4 is 22.3 Å². The smallest absolute Gasteiger partial charge is 0.237 e. The van der Waals surface area contributed by atoms with Crippen LogP contribution in [0.3, 0.4) is 0 Å². The van der Waals surface area contributed by atoms with E-state index in [1.54, 1.807) is 30.3 Å². The van der Waals surface area contributed by atoms with Gasteiger partial charge in [0, 0.05) is 5.39 Å². The van der Waals surface area contributed by atoms with Gasteiger partial charge in [-0.15, -0.1) is 0 Å². The van der Waals surface area contributed by atoms with Crippen molar-refractivity contribution in [3.63, 3.8) is 0 Å². The van der Waals surface area contributed by atoms with Crippen LogP contribution in [0.25, 0.3) is 10.9 Å². The van der Waals surface area contributed by atoms with Gasteiger partial charge in [-0.1, -0.05) is 6.07 Å². The van der Waals surface area contributed by atoms with Crippen LogP contribution in [0.15, 0.2) is 35.6 Å². The Bertz CT molecular complexity index is 692. The molecule has 0 bridgehead atoms. The molecule has 1 heterocycles. The summed E-state index contributed by atoms with van der Waals surface area (Å²) in [5.41, 5.74) is 3.44. The van der Waals surface area contributed by atoms with Gasteiger partial charge < -0.3 is 0 Å². The van der Waals surface area contributed by atoms with Crippen LogP contribution in [-0.2, 0) is 0 Å². The van der Waals surface area contributed by atoms with Crippen LogP contribution in [0.2, 0.25) is 0 Å². The molecule has 1 N–H and O–H groups in total. The zero-order chi connectivity index (χ0) is 13.0. The van der Waals surface area contributed by atoms with Crippen LogP contribution in [-0.4, -0.2) is 10.7 Å². The SMILES string of the molecule is N#CC(C#N)=NNc1ccc2cc(F)cnc2c1. The number of aromatic nitrogens is 1. The van der Waals surface area contributed by atoms with E-state index in [1.165, 1.54) is 6.07 Å². The number of hydrazone groups is 1. The first-order valence-electron chi connectivity index (χ1n) is 4.92. The fourth-order valence-electron chi connectivity index (χ4n) is 1.36. The number of nitriles is 2. The van der Waals surface area contributed by atoms with Crippen molar-refractivity contribution in [2.24, 2.45) is 5.10 Å². The molecule has 86 valence electrons. The van der Waals surface area contributed by atoms with Gasteiger partial charge in [-0.05, 0) is 18.2 Å². The molecule has 6 heteroatoms. The molecule has 1 aromatic carbocycles. The first-order chi connectivity index (χ1) is 8.72. The molecule has 0 amide bonds. The maximum absolute atomic E-state index is 12.9. The van der Waals surface area contributed by atoms with E-state index in [-0.39, 0.29) is 5.71 Å². The summed E-state index contributed by atoms with van der Waals surface area (Å²) in [6.45, 7) is 0. The Hall–Kier alpha value is -2.99. The highest BCUT2D eigenvalue weighted by Crippen LogP contribution is 2.17. The fourth-order valence-corrected chi connectivity index (χ4v) is 1.36. The van der Waals surface area contributed by atoms with Crippen LogP contribution >= 0.6 is 0 Å². The Morgan fingerprint density at radius 3 is 2.78 bits per heavy atom. The van der Waals surface area contributed by atoms with Crippen LogP contribution in [0, 0.1) is 28.5 Å². The third kappa shape index (κ3) is 2.39. The van der Waals surface area contributed by atoms with Crippen molar-refractivity contribution in [3.8, 4) is 12.1 Å². The molecule has 2 aromatic rings. The number of hydrogen-bond acceptors (Lipinski definition) is 5. The number of rotatable bonds is 2. The summed E-state index contributed by atoms with van der Waals surface area (Å²) >= 11 is 0. The van der Waals surface area contributed by atoms with Gasteiger partial charge in [0.25, 0.3) is 0 Å². The summed E-state index contributed by atoms with van der Waals surface area (Å²) in [6, 6.07) is 9.59. The van der Waals surface area contributed by atoms with Crippen molar-refractivity contribution in [3.05, 3.63) is 36.3 Å². The molecule has 0 spiro atoms. The average molecular weight is 239 g/mol. The highest BCUT2D eigenvalue weighted by molar-refractivity contribution is 6.10. The molecule has 0 aliphatic rings. The Labute approximate surface area is 102 Å². The van der Waals surface area contributed by atoms with E-state index >= 15 is 0 Å². The highest BCUT2D eigenvalue weighted by atomic mass is 19.1. The molecule has 18 heavy (non-hydrogen) atoms. The normalized spacial score (nSPS) is 9.28. The van der Waals surface area contributed by atoms with E-state index < -0.39 is 5.82 Å². The van der Waals surface area contributed by atoms with E-state index in [2.05, 4.69) is 15.5 Å². The highest BCUT2D eigenvalue weighted by Gasteiger charge is 1.99. The molecule has 1 aromatic heterocycles. The predicted molar refractivity (Wildman–Crippen MR) is 64.0 cm³/mol. The molecule has 0 aliphatic heterocycles. The standard InChI is InChI=1S/C12H6FN5/c13-9-3-8-1-2-10(4-12(8)16-7-9)17-18-11(5-14)6-15/h1-4,7,17H. The van der Waals surface area contributed by atoms with E-state index in [0.717, 1.165) is 6.20 Å². The third-order valence-corrected chi connectivity index (χ3v) is 2.16. The molecule has 0 aliphatic carbocycles. The van der Waals surface area contributed by atoms with Crippen LogP contribution in [0.1, 0.15) is 0 Å². The van der Waals surface area contributed by atoms with Crippen LogP contribution in [0.4, 0.5) is 10.1 Å². The predicted octanol–water partition coefficient (Wildman–Crippen LogP) is 2.19. The number of fused-ring (bicyclic) bond motifs is 1. The van der Waals surface area contributed by atoms with Crippen molar-refractivity contribution in [2.75, 3.05) is 5.43 Å². The lowest BCUT2D eigenvalue weighted by Crippen LogP contribution is -1.96. The van der Waals surface area contributed by atoms with Crippen molar-refractivity contribution in [2.45, 2.75) is 0 Å². The summed E-state index contributed by atoms with van der Waals surface area (Å²) in [6.07, 6.45) is 1.12. The maximum Gasteiger partial charge on any atom is 0.237 e. The lowest BCUT2D eigenvalue weighted by atomic mass is 10.2. The minimum Gasteiger partial charge on any atom is -0.276 e. The molecule has 5 nitrogen and oxygen atoms in total. The molecule has 0 atom stereocenters. The second kappa shape index (κ2) is 4.89. The number of anilines is 1. The van der Waals surface area contributed by atoms with E-state index in [0.29, 0.717) is 16.6 Å². The number of nitrogens with zero attached hydrogens (tertiary/aromatic N) is 4. The van der Waals surface area contributed by atoms with Gasteiger partial charge in [-0.25, -0.2) is 4.39 Å². The van der Waals surface area contributed by atoms with Gasteiger partial charge in [-0.2, -0.15) is 15.6 Å². The molecular weight excluding hydrogens is 233 g/mol. The minimum absolute atomic E-state index is 0.276. The lowest BCUT2D eigenvalue weighted by Gasteiger charge is -2.02. The van der Waals surface area contributed by atoms with Crippen molar-refractivity contribution in [1.29, 1.82) is 10.5 Å². The average Bonchev–Trinajstić information content (AvgIpc) is 2.40. The summed E-state index contributed by atoms with van der Waals surface area (Å²) in [5.74, 6) is -0.405. The van der Waals surface area contributed by atoms with Crippen molar-refractivity contribution < 1.29 is 4.39 Å². The number of nitrogens with one attached hydrogen (secondary N) is 1. The molecule has 0 unspecified atom stereocenters. The first-order valence-corrected chi connectivity index (χ1v) is 4.92. The number of benzene rings is 1. The molecule has 0 saturated heterocycles. The van der Waals surface area contributed by atoms with E-state index in [4.69, 9.17) is 10.5 Å². The summed E-state index contributed by atoms with van der Waals surface area (Å²) in [7, 11) is 0. The summed E-state index contributed by atoms with van der Waals surface area (Å²) in [5, 5.41) is 21.3. The van der Waals surface area contributed by atoms with Gasteiger partial charge >= 0.3 is 0 Å². The number of halogens is 1. The van der Waals surface area contributed by atoms with Crippen molar-refractivity contribution in [1.82, 2.24) is 4.98 Å². The second-order valence-corrected chi connectivity index (χ2v) is 3.36. The summed E-state index contributed by atoms with van der Waals surface area (Å²) in [4.78, 5) is 3.92. The largest absolute Gasteiger partial charge is 0.276 e. The van der Waals surface area contributed by atoms with Gasteiger partial charge in [-0.3, -0.25) is 10.4 Å². The Morgan fingerprint density at radius 1 is 1.28 bits per heavy atom. The lowest BCUT2D eigenvalue weighted by molar-refractivity contribution is 0.624. The van der Waals surface area contributed by atoms with Crippen LogP contribution < -0.4 is 5.43 Å². The topological polar surface area (TPSA) is 84.9 Å². The minimum atomic E-state index is -0.405. The van der Waals surface area contributed by atoms with Gasteiger partial charge in [0.15, 0.2) is 0 Å². The molecule has 0 saturated carbocycles. The molecule has 0 radical (unpaired) electrons. The van der Waals surface area contributed by atoms with Crippen LogP contribution in [0.5, 0.6) is 0 Å². The van der Waals surface area contributed by atoms with Gasteiger partial charge in [0.1, 0.15) is 18.0 Å². The molecular formula is C12H6FN5.